The Hall–Kier alpha value is -1.75. The van der Waals surface area contributed by atoms with Gasteiger partial charge in [0.25, 0.3) is 0 Å². The van der Waals surface area contributed by atoms with Crippen LogP contribution >= 0.6 is 0 Å². The molecule has 1 aromatic carbocycles. The molecule has 0 spiro atoms. The normalized spacial score (nSPS) is 19.5. The van der Waals surface area contributed by atoms with Gasteiger partial charge in [-0.2, -0.15) is 0 Å². The van der Waals surface area contributed by atoms with Crippen LogP contribution in [0.1, 0.15) is 12.8 Å². The summed E-state index contributed by atoms with van der Waals surface area (Å²) in [6.45, 7) is 1.60. The average Bonchev–Trinajstić information content (AvgIpc) is 2.39. The van der Waals surface area contributed by atoms with Gasteiger partial charge in [0, 0.05) is 30.5 Å². The molecule has 104 valence electrons. The van der Waals surface area contributed by atoms with Crippen LogP contribution in [-0.2, 0) is 0 Å². The summed E-state index contributed by atoms with van der Waals surface area (Å²) in [7, 11) is 4.12. The van der Waals surface area contributed by atoms with E-state index in [2.05, 4.69) is 24.3 Å². The monoisotopic (exact) mass is 262 g/mol. The lowest BCUT2D eigenvalue weighted by Crippen LogP contribution is -2.48. The van der Waals surface area contributed by atoms with Gasteiger partial charge in [0.05, 0.1) is 0 Å². The number of hydrogen-bond donors (Lipinski definition) is 2. The van der Waals surface area contributed by atoms with Gasteiger partial charge in [-0.25, -0.2) is 4.79 Å². The van der Waals surface area contributed by atoms with Crippen molar-refractivity contribution in [1.29, 1.82) is 0 Å². The van der Waals surface area contributed by atoms with Crippen LogP contribution in [0.25, 0.3) is 0 Å². The number of hydrogen-bond acceptors (Lipinski definition) is 3. The first-order valence-electron chi connectivity index (χ1n) is 6.64. The highest BCUT2D eigenvalue weighted by Gasteiger charge is 2.24. The molecule has 1 saturated heterocycles. The highest BCUT2D eigenvalue weighted by atomic mass is 16.2. The summed E-state index contributed by atoms with van der Waals surface area (Å²) in [4.78, 5) is 16.3. The molecule has 0 radical (unpaired) electrons. The van der Waals surface area contributed by atoms with Gasteiger partial charge in [0.1, 0.15) is 0 Å². The molecule has 0 saturated carbocycles. The third-order valence-corrected chi connectivity index (χ3v) is 3.55. The molecule has 3 N–H and O–H groups in total. The number of anilines is 2. The number of nitrogens with one attached hydrogen (secondary N) is 1. The van der Waals surface area contributed by atoms with E-state index in [1.54, 1.807) is 12.1 Å². The summed E-state index contributed by atoms with van der Waals surface area (Å²) >= 11 is 0. The average molecular weight is 262 g/mol. The molecule has 1 atom stereocenters. The molecule has 0 aromatic heterocycles. The topological polar surface area (TPSA) is 61.6 Å². The number of likely N-dealkylation sites (N-methyl/N-ethyl adjacent to an activating group) is 1. The number of urea groups is 1. The van der Waals surface area contributed by atoms with E-state index in [1.807, 2.05) is 17.0 Å². The van der Waals surface area contributed by atoms with E-state index in [0.29, 0.717) is 11.7 Å². The predicted octanol–water partition coefficient (Wildman–Crippen LogP) is 1.83. The van der Waals surface area contributed by atoms with Crippen LogP contribution in [0.4, 0.5) is 16.2 Å². The van der Waals surface area contributed by atoms with Crippen molar-refractivity contribution in [3.63, 3.8) is 0 Å². The van der Waals surface area contributed by atoms with Crippen molar-refractivity contribution in [2.24, 2.45) is 0 Å². The molecule has 2 rings (SSSR count). The molecule has 1 aliphatic rings. The summed E-state index contributed by atoms with van der Waals surface area (Å²) in [5.74, 6) is 0. The minimum Gasteiger partial charge on any atom is -0.399 e. The number of likely N-dealkylation sites (tertiary alicyclic amines) is 1. The lowest BCUT2D eigenvalue weighted by atomic mass is 10.1. The van der Waals surface area contributed by atoms with Gasteiger partial charge in [0.15, 0.2) is 0 Å². The molecule has 1 aromatic rings. The smallest absolute Gasteiger partial charge is 0.321 e. The standard InChI is InChI=1S/C14H22N4O/c1-17(2)13-7-4-8-18(10-13)14(19)16-12-6-3-5-11(15)9-12/h3,5-6,9,13H,4,7-8,10,15H2,1-2H3,(H,16,19). The van der Waals surface area contributed by atoms with Gasteiger partial charge >= 0.3 is 6.03 Å². The number of nitrogen functional groups attached to an aromatic ring is 1. The van der Waals surface area contributed by atoms with Crippen molar-refractivity contribution in [2.75, 3.05) is 38.2 Å². The second-order valence-corrected chi connectivity index (χ2v) is 5.26. The Morgan fingerprint density at radius 2 is 2.26 bits per heavy atom. The Bertz CT molecular complexity index is 447. The van der Waals surface area contributed by atoms with Gasteiger partial charge in [-0.05, 0) is 45.1 Å². The molecule has 1 aliphatic heterocycles. The minimum absolute atomic E-state index is 0.0443. The minimum atomic E-state index is -0.0443. The Labute approximate surface area is 114 Å². The van der Waals surface area contributed by atoms with E-state index < -0.39 is 0 Å². The molecule has 1 heterocycles. The summed E-state index contributed by atoms with van der Waals surface area (Å²) < 4.78 is 0. The van der Waals surface area contributed by atoms with E-state index in [9.17, 15) is 4.79 Å². The number of amides is 2. The third-order valence-electron chi connectivity index (χ3n) is 3.55. The molecule has 0 bridgehead atoms. The molecule has 1 fully saturated rings. The Balaban J connectivity index is 1.96. The van der Waals surface area contributed by atoms with Gasteiger partial charge in [-0.1, -0.05) is 6.07 Å². The number of benzene rings is 1. The molecule has 1 unspecified atom stereocenters. The fourth-order valence-electron chi connectivity index (χ4n) is 2.38. The van der Waals surface area contributed by atoms with Crippen LogP contribution < -0.4 is 11.1 Å². The van der Waals surface area contributed by atoms with E-state index in [1.165, 1.54) is 0 Å². The third kappa shape index (κ3) is 3.61. The molecule has 0 aliphatic carbocycles. The first kappa shape index (κ1) is 13.7. The first-order chi connectivity index (χ1) is 9.06. The predicted molar refractivity (Wildman–Crippen MR) is 78.2 cm³/mol. The Kier molecular flexibility index (Phi) is 4.27. The number of carbonyl (C=O) groups is 1. The van der Waals surface area contributed by atoms with Crippen molar-refractivity contribution < 1.29 is 4.79 Å². The maximum absolute atomic E-state index is 12.2. The van der Waals surface area contributed by atoms with Gasteiger partial charge in [-0.3, -0.25) is 0 Å². The Morgan fingerprint density at radius 1 is 1.47 bits per heavy atom. The number of nitrogens with zero attached hydrogens (tertiary/aromatic N) is 2. The van der Waals surface area contributed by atoms with Crippen molar-refractivity contribution >= 4 is 17.4 Å². The summed E-state index contributed by atoms with van der Waals surface area (Å²) in [5.41, 5.74) is 7.11. The van der Waals surface area contributed by atoms with E-state index >= 15 is 0 Å². The van der Waals surface area contributed by atoms with Crippen molar-refractivity contribution in [1.82, 2.24) is 9.80 Å². The summed E-state index contributed by atoms with van der Waals surface area (Å²) in [5, 5.41) is 2.90. The SMILES string of the molecule is CN(C)C1CCCN(C(=O)Nc2cccc(N)c2)C1. The fourth-order valence-corrected chi connectivity index (χ4v) is 2.38. The summed E-state index contributed by atoms with van der Waals surface area (Å²) in [6.07, 6.45) is 2.20. The first-order valence-corrected chi connectivity index (χ1v) is 6.64. The lowest BCUT2D eigenvalue weighted by Gasteiger charge is -2.36. The maximum atomic E-state index is 12.2. The Morgan fingerprint density at radius 3 is 2.95 bits per heavy atom. The van der Waals surface area contributed by atoms with Crippen LogP contribution in [0.2, 0.25) is 0 Å². The zero-order chi connectivity index (χ0) is 13.8. The molecular weight excluding hydrogens is 240 g/mol. The molecular formula is C14H22N4O. The zero-order valence-corrected chi connectivity index (χ0v) is 11.6. The van der Waals surface area contributed by atoms with E-state index in [0.717, 1.165) is 31.6 Å². The van der Waals surface area contributed by atoms with Crippen molar-refractivity contribution in [2.45, 2.75) is 18.9 Å². The van der Waals surface area contributed by atoms with Gasteiger partial charge < -0.3 is 20.9 Å². The van der Waals surface area contributed by atoms with Crippen LogP contribution in [-0.4, -0.2) is 49.1 Å². The zero-order valence-electron chi connectivity index (χ0n) is 11.6. The van der Waals surface area contributed by atoms with Crippen LogP contribution in [0.15, 0.2) is 24.3 Å². The number of rotatable bonds is 2. The van der Waals surface area contributed by atoms with Crippen LogP contribution in [0.5, 0.6) is 0 Å². The molecule has 5 heteroatoms. The molecule has 5 nitrogen and oxygen atoms in total. The second-order valence-electron chi connectivity index (χ2n) is 5.26. The van der Waals surface area contributed by atoms with Gasteiger partial charge in [0.2, 0.25) is 0 Å². The van der Waals surface area contributed by atoms with E-state index in [-0.39, 0.29) is 6.03 Å². The largest absolute Gasteiger partial charge is 0.399 e. The lowest BCUT2D eigenvalue weighted by molar-refractivity contribution is 0.148. The van der Waals surface area contributed by atoms with Crippen molar-refractivity contribution in [3.05, 3.63) is 24.3 Å². The highest BCUT2D eigenvalue weighted by molar-refractivity contribution is 5.89. The molecule has 2 amide bonds. The molecule has 19 heavy (non-hydrogen) atoms. The van der Waals surface area contributed by atoms with Gasteiger partial charge in [-0.15, -0.1) is 0 Å². The maximum Gasteiger partial charge on any atom is 0.321 e. The van der Waals surface area contributed by atoms with E-state index in [4.69, 9.17) is 5.73 Å². The number of nitrogens with two attached hydrogens (primary N) is 1. The second kappa shape index (κ2) is 5.93. The van der Waals surface area contributed by atoms with Crippen LogP contribution in [0.3, 0.4) is 0 Å². The summed E-state index contributed by atoms with van der Waals surface area (Å²) in [6, 6.07) is 7.66. The number of carbonyl (C=O) groups excluding carboxylic acids is 1. The number of piperidine rings is 1. The fraction of sp³-hybridized carbons (Fsp3) is 0.500. The quantitative estimate of drug-likeness (QED) is 0.799. The van der Waals surface area contributed by atoms with Crippen LogP contribution in [0, 0.1) is 0 Å². The van der Waals surface area contributed by atoms with Crippen molar-refractivity contribution in [3.8, 4) is 0 Å². The highest BCUT2D eigenvalue weighted by Crippen LogP contribution is 2.16.